The van der Waals surface area contributed by atoms with E-state index in [4.69, 9.17) is 10.5 Å². The normalized spacial score (nSPS) is 23.1. The van der Waals surface area contributed by atoms with Gasteiger partial charge in [0.05, 0.1) is 6.10 Å². The molecule has 0 amide bonds. The molecule has 0 aromatic heterocycles. The molecule has 0 heterocycles. The number of rotatable bonds is 3. The van der Waals surface area contributed by atoms with Crippen LogP contribution in [-0.2, 0) is 4.74 Å². The zero-order chi connectivity index (χ0) is 6.91. The lowest BCUT2D eigenvalue weighted by Gasteiger charge is -2.19. The standard InChI is InChI=1S/C7H15NO.ClH/c1-7(3-4-7)6(5-8)9-2;/h6H,3-5,8H2,1-2H3;1H. The lowest BCUT2D eigenvalue weighted by Crippen LogP contribution is -2.30. The Balaban J connectivity index is 0.000000810. The third-order valence-electron chi connectivity index (χ3n) is 2.31. The molecule has 62 valence electrons. The second-order valence-electron chi connectivity index (χ2n) is 3.11. The summed E-state index contributed by atoms with van der Waals surface area (Å²) in [4.78, 5) is 0. The summed E-state index contributed by atoms with van der Waals surface area (Å²) in [6.45, 7) is 2.89. The Labute approximate surface area is 68.5 Å². The van der Waals surface area contributed by atoms with Crippen molar-refractivity contribution in [3.05, 3.63) is 0 Å². The van der Waals surface area contributed by atoms with Crippen LogP contribution < -0.4 is 5.73 Å². The summed E-state index contributed by atoms with van der Waals surface area (Å²) >= 11 is 0. The molecule has 0 aromatic rings. The molecule has 1 aliphatic carbocycles. The number of nitrogens with two attached hydrogens (primary N) is 1. The largest absolute Gasteiger partial charge is 0.380 e. The second kappa shape index (κ2) is 3.56. The van der Waals surface area contributed by atoms with Crippen molar-refractivity contribution in [1.29, 1.82) is 0 Å². The minimum atomic E-state index is 0. The zero-order valence-electron chi connectivity index (χ0n) is 6.59. The van der Waals surface area contributed by atoms with E-state index in [0.29, 0.717) is 12.0 Å². The summed E-state index contributed by atoms with van der Waals surface area (Å²) < 4.78 is 5.20. The van der Waals surface area contributed by atoms with Crippen LogP contribution in [0.2, 0.25) is 0 Å². The van der Waals surface area contributed by atoms with E-state index in [1.165, 1.54) is 12.8 Å². The van der Waals surface area contributed by atoms with Crippen molar-refractivity contribution < 1.29 is 4.74 Å². The number of methoxy groups -OCH3 is 1. The van der Waals surface area contributed by atoms with Gasteiger partial charge in [-0.3, -0.25) is 0 Å². The highest BCUT2D eigenvalue weighted by Gasteiger charge is 2.44. The Morgan fingerprint density at radius 2 is 2.10 bits per heavy atom. The topological polar surface area (TPSA) is 35.2 Å². The van der Waals surface area contributed by atoms with Gasteiger partial charge in [-0.15, -0.1) is 12.4 Å². The maximum atomic E-state index is 5.48. The highest BCUT2D eigenvalue weighted by Crippen LogP contribution is 2.48. The molecule has 2 N–H and O–H groups in total. The van der Waals surface area contributed by atoms with Gasteiger partial charge in [-0.05, 0) is 18.3 Å². The summed E-state index contributed by atoms with van der Waals surface area (Å²) in [5, 5.41) is 0. The van der Waals surface area contributed by atoms with Crippen LogP contribution in [0.5, 0.6) is 0 Å². The molecular formula is C7H16ClNO. The summed E-state index contributed by atoms with van der Waals surface area (Å²) in [5.74, 6) is 0. The van der Waals surface area contributed by atoms with Crippen molar-refractivity contribution in [3.63, 3.8) is 0 Å². The summed E-state index contributed by atoms with van der Waals surface area (Å²) in [7, 11) is 1.74. The molecule has 0 bridgehead atoms. The fourth-order valence-corrected chi connectivity index (χ4v) is 1.18. The van der Waals surface area contributed by atoms with Crippen molar-refractivity contribution in [2.75, 3.05) is 13.7 Å². The van der Waals surface area contributed by atoms with Gasteiger partial charge in [0.1, 0.15) is 0 Å². The van der Waals surface area contributed by atoms with Gasteiger partial charge in [-0.2, -0.15) is 0 Å². The summed E-state index contributed by atoms with van der Waals surface area (Å²) in [6, 6.07) is 0. The zero-order valence-corrected chi connectivity index (χ0v) is 7.41. The Morgan fingerprint density at radius 1 is 1.60 bits per heavy atom. The van der Waals surface area contributed by atoms with Crippen molar-refractivity contribution in [2.45, 2.75) is 25.9 Å². The molecular weight excluding hydrogens is 150 g/mol. The first-order chi connectivity index (χ1) is 4.23. The van der Waals surface area contributed by atoms with Gasteiger partial charge in [-0.25, -0.2) is 0 Å². The van der Waals surface area contributed by atoms with Gasteiger partial charge < -0.3 is 10.5 Å². The fraction of sp³-hybridized carbons (Fsp3) is 1.00. The molecule has 2 nitrogen and oxygen atoms in total. The van der Waals surface area contributed by atoms with Crippen LogP contribution in [0.3, 0.4) is 0 Å². The predicted molar refractivity (Wildman–Crippen MR) is 44.4 cm³/mol. The lowest BCUT2D eigenvalue weighted by atomic mass is 10.0. The van der Waals surface area contributed by atoms with E-state index in [9.17, 15) is 0 Å². The maximum Gasteiger partial charge on any atom is 0.0746 e. The molecule has 1 unspecified atom stereocenters. The molecule has 0 spiro atoms. The highest BCUT2D eigenvalue weighted by molar-refractivity contribution is 5.85. The lowest BCUT2D eigenvalue weighted by molar-refractivity contribution is 0.0545. The van der Waals surface area contributed by atoms with Gasteiger partial charge in [0.25, 0.3) is 0 Å². The van der Waals surface area contributed by atoms with Crippen molar-refractivity contribution in [1.82, 2.24) is 0 Å². The molecule has 10 heavy (non-hydrogen) atoms. The van der Waals surface area contributed by atoms with Crippen LogP contribution in [-0.4, -0.2) is 19.8 Å². The van der Waals surface area contributed by atoms with Gasteiger partial charge in [0.15, 0.2) is 0 Å². The Morgan fingerprint density at radius 3 is 2.20 bits per heavy atom. The summed E-state index contributed by atoms with van der Waals surface area (Å²) in [5.41, 5.74) is 5.90. The van der Waals surface area contributed by atoms with Crippen molar-refractivity contribution >= 4 is 12.4 Å². The van der Waals surface area contributed by atoms with E-state index in [0.717, 1.165) is 0 Å². The SMILES string of the molecule is COC(CN)C1(C)CC1.Cl. The van der Waals surface area contributed by atoms with Gasteiger partial charge in [0.2, 0.25) is 0 Å². The number of hydrogen-bond donors (Lipinski definition) is 1. The Kier molecular flexibility index (Phi) is 3.63. The van der Waals surface area contributed by atoms with Crippen LogP contribution in [0.15, 0.2) is 0 Å². The molecule has 1 fully saturated rings. The smallest absolute Gasteiger partial charge is 0.0746 e. The van der Waals surface area contributed by atoms with E-state index >= 15 is 0 Å². The molecule has 1 saturated carbocycles. The number of hydrogen-bond acceptors (Lipinski definition) is 2. The van der Waals surface area contributed by atoms with Crippen LogP contribution in [0.25, 0.3) is 0 Å². The quantitative estimate of drug-likeness (QED) is 0.682. The van der Waals surface area contributed by atoms with Crippen LogP contribution in [0, 0.1) is 5.41 Å². The minimum absolute atomic E-state index is 0. The van der Waals surface area contributed by atoms with Crippen LogP contribution >= 0.6 is 12.4 Å². The Bertz CT molecular complexity index is 99.8. The van der Waals surface area contributed by atoms with E-state index in [-0.39, 0.29) is 18.5 Å². The monoisotopic (exact) mass is 165 g/mol. The molecule has 1 atom stereocenters. The average molecular weight is 166 g/mol. The first-order valence-corrected chi connectivity index (χ1v) is 3.46. The molecule has 0 aromatic carbocycles. The van der Waals surface area contributed by atoms with E-state index in [1.54, 1.807) is 7.11 Å². The van der Waals surface area contributed by atoms with E-state index in [1.807, 2.05) is 0 Å². The van der Waals surface area contributed by atoms with Crippen LogP contribution in [0.1, 0.15) is 19.8 Å². The van der Waals surface area contributed by atoms with E-state index in [2.05, 4.69) is 6.92 Å². The fourth-order valence-electron chi connectivity index (χ4n) is 1.18. The Hall–Kier alpha value is 0.210. The van der Waals surface area contributed by atoms with Gasteiger partial charge >= 0.3 is 0 Å². The second-order valence-corrected chi connectivity index (χ2v) is 3.11. The first kappa shape index (κ1) is 10.2. The molecule has 1 aliphatic rings. The first-order valence-electron chi connectivity index (χ1n) is 3.46. The molecule has 0 radical (unpaired) electrons. The van der Waals surface area contributed by atoms with Gasteiger partial charge in [0, 0.05) is 13.7 Å². The molecule has 0 saturated heterocycles. The third kappa shape index (κ3) is 1.84. The average Bonchev–Trinajstić information content (AvgIpc) is 2.52. The number of halogens is 1. The van der Waals surface area contributed by atoms with Crippen LogP contribution in [0.4, 0.5) is 0 Å². The van der Waals surface area contributed by atoms with Crippen molar-refractivity contribution in [2.24, 2.45) is 11.1 Å². The third-order valence-corrected chi connectivity index (χ3v) is 2.31. The van der Waals surface area contributed by atoms with Crippen molar-refractivity contribution in [3.8, 4) is 0 Å². The summed E-state index contributed by atoms with van der Waals surface area (Å²) in [6.07, 6.45) is 2.85. The predicted octanol–water partition coefficient (Wildman–Crippen LogP) is 1.18. The van der Waals surface area contributed by atoms with E-state index < -0.39 is 0 Å². The minimum Gasteiger partial charge on any atom is -0.380 e. The number of ether oxygens (including phenoxy) is 1. The maximum absolute atomic E-state index is 5.48. The molecule has 3 heteroatoms. The highest BCUT2D eigenvalue weighted by atomic mass is 35.5. The molecule has 1 rings (SSSR count). The molecule has 0 aliphatic heterocycles. The van der Waals surface area contributed by atoms with Gasteiger partial charge in [-0.1, -0.05) is 6.92 Å².